The Morgan fingerprint density at radius 1 is 1.23 bits per heavy atom. The molecule has 2 amide bonds. The molecule has 0 spiro atoms. The molecule has 1 aliphatic heterocycles. The molecule has 2 N–H and O–H groups in total. The maximum Gasteiger partial charge on any atom is 0.407 e. The molecule has 4 aromatic rings. The third-order valence-electron chi connectivity index (χ3n) is 5.45. The van der Waals surface area contributed by atoms with Crippen molar-refractivity contribution in [3.63, 3.8) is 0 Å². The quantitative estimate of drug-likeness (QED) is 0.238. The number of thiophene rings is 1. The Labute approximate surface area is 199 Å². The molecule has 0 aliphatic carbocycles. The van der Waals surface area contributed by atoms with Gasteiger partial charge in [0.2, 0.25) is 5.95 Å². The monoisotopic (exact) mass is 498 g/mol. The summed E-state index contributed by atoms with van der Waals surface area (Å²) in [7, 11) is 0. The largest absolute Gasteiger partial charge is 0.465 e. The van der Waals surface area contributed by atoms with E-state index in [0.29, 0.717) is 40.9 Å². The highest BCUT2D eigenvalue weighted by Crippen LogP contribution is 2.31. The van der Waals surface area contributed by atoms with E-state index in [1.807, 2.05) is 0 Å². The molecule has 13 nitrogen and oxygen atoms in total. The molecule has 0 radical (unpaired) electrons. The van der Waals surface area contributed by atoms with E-state index in [0.717, 1.165) is 6.07 Å². The molecule has 4 aromatic heterocycles. The first kappa shape index (κ1) is 22.3. The summed E-state index contributed by atoms with van der Waals surface area (Å²) in [6.07, 6.45) is 2.18. The first-order valence-corrected chi connectivity index (χ1v) is 11.0. The van der Waals surface area contributed by atoms with Crippen molar-refractivity contribution in [3.05, 3.63) is 57.6 Å². The molecule has 1 fully saturated rings. The standard InChI is InChI=1S/C20H15FN8O5S/c21-14-3-1-10(7-22-14)16-24-17(26-19(30)13-2-4-15(35-13)29(33)34)12-8-23-28(18(12)25-16)11-5-6-27(9-11)20(31)32/h1-4,7-8,11H,5-6,9H2,(H,31,32)(H,24,25,26,30)/t11-/m0/s1. The van der Waals surface area contributed by atoms with Crippen molar-refractivity contribution >= 4 is 45.2 Å². The van der Waals surface area contributed by atoms with Crippen molar-refractivity contribution in [3.8, 4) is 11.4 Å². The zero-order valence-electron chi connectivity index (χ0n) is 17.7. The normalized spacial score (nSPS) is 15.5. The number of likely N-dealkylation sites (tertiary alicyclic amines) is 1. The number of halogens is 1. The fraction of sp³-hybridized carbons (Fsp3) is 0.200. The second kappa shape index (κ2) is 8.68. The zero-order chi connectivity index (χ0) is 24.7. The lowest BCUT2D eigenvalue weighted by Crippen LogP contribution is -2.27. The van der Waals surface area contributed by atoms with Crippen LogP contribution in [0.4, 0.5) is 20.0 Å². The summed E-state index contributed by atoms with van der Waals surface area (Å²) in [5.74, 6) is -1.08. The summed E-state index contributed by atoms with van der Waals surface area (Å²) in [5.41, 5.74) is 0.714. The highest BCUT2D eigenvalue weighted by molar-refractivity contribution is 7.17. The van der Waals surface area contributed by atoms with Crippen molar-refractivity contribution in [2.75, 3.05) is 18.4 Å². The SMILES string of the molecule is O=C(Nc1nc(-c2ccc(F)nc2)nc2c1cnn2[C@H]1CCN(C(=O)O)C1)c1ccc([N+](=O)[O-])s1. The Morgan fingerprint density at radius 2 is 2.06 bits per heavy atom. The smallest absolute Gasteiger partial charge is 0.407 e. The van der Waals surface area contributed by atoms with Crippen LogP contribution < -0.4 is 5.32 Å². The lowest BCUT2D eigenvalue weighted by molar-refractivity contribution is -0.380. The number of nitrogens with zero attached hydrogens (tertiary/aromatic N) is 7. The Bertz CT molecular complexity index is 1470. The summed E-state index contributed by atoms with van der Waals surface area (Å²) in [4.78, 5) is 48.5. The molecule has 178 valence electrons. The van der Waals surface area contributed by atoms with Gasteiger partial charge in [-0.3, -0.25) is 14.9 Å². The number of nitro groups is 1. The van der Waals surface area contributed by atoms with Gasteiger partial charge < -0.3 is 15.3 Å². The summed E-state index contributed by atoms with van der Waals surface area (Å²) in [5, 5.41) is 27.5. The van der Waals surface area contributed by atoms with Gasteiger partial charge in [-0.25, -0.2) is 24.4 Å². The minimum absolute atomic E-state index is 0.0923. The van der Waals surface area contributed by atoms with Gasteiger partial charge >= 0.3 is 11.1 Å². The van der Waals surface area contributed by atoms with E-state index in [1.165, 1.54) is 35.5 Å². The number of carboxylic acid groups (broad SMARTS) is 1. The third-order valence-corrected chi connectivity index (χ3v) is 6.48. The summed E-state index contributed by atoms with van der Waals surface area (Å²) in [6.45, 7) is 0.548. The van der Waals surface area contributed by atoms with E-state index in [9.17, 15) is 29.2 Å². The van der Waals surface area contributed by atoms with E-state index in [4.69, 9.17) is 0 Å². The number of pyridine rings is 1. The molecule has 1 aliphatic rings. The molecule has 1 saturated heterocycles. The molecule has 0 saturated carbocycles. The van der Waals surface area contributed by atoms with Gasteiger partial charge in [0.1, 0.15) is 5.82 Å². The van der Waals surface area contributed by atoms with Crippen molar-refractivity contribution < 1.29 is 24.0 Å². The molecular formula is C20H15FN8O5S. The Kier molecular flexibility index (Phi) is 5.52. The molecule has 35 heavy (non-hydrogen) atoms. The number of fused-ring (bicyclic) bond motifs is 1. The van der Waals surface area contributed by atoms with Crippen LogP contribution in [0.25, 0.3) is 22.4 Å². The lowest BCUT2D eigenvalue weighted by atomic mass is 10.2. The molecule has 0 bridgehead atoms. The maximum atomic E-state index is 13.4. The zero-order valence-corrected chi connectivity index (χ0v) is 18.5. The predicted molar refractivity (Wildman–Crippen MR) is 121 cm³/mol. The fourth-order valence-corrected chi connectivity index (χ4v) is 4.47. The number of rotatable bonds is 5. The molecule has 1 atom stereocenters. The number of nitrogens with one attached hydrogen (secondary N) is 1. The highest BCUT2D eigenvalue weighted by Gasteiger charge is 2.30. The Hall–Kier alpha value is -4.53. The van der Waals surface area contributed by atoms with Gasteiger partial charge in [0, 0.05) is 30.9 Å². The van der Waals surface area contributed by atoms with E-state index in [-0.39, 0.29) is 34.1 Å². The summed E-state index contributed by atoms with van der Waals surface area (Å²) >= 11 is 0.716. The van der Waals surface area contributed by atoms with E-state index >= 15 is 0 Å². The van der Waals surface area contributed by atoms with Crippen LogP contribution in [0, 0.1) is 16.1 Å². The van der Waals surface area contributed by atoms with Crippen LogP contribution in [-0.4, -0.2) is 64.8 Å². The van der Waals surface area contributed by atoms with Gasteiger partial charge in [-0.2, -0.15) is 9.49 Å². The average Bonchev–Trinajstić information content (AvgIpc) is 3.58. The van der Waals surface area contributed by atoms with E-state index in [1.54, 1.807) is 4.68 Å². The number of carbonyl (C=O) groups excluding carboxylic acids is 1. The van der Waals surface area contributed by atoms with Crippen LogP contribution in [0.15, 0.2) is 36.7 Å². The number of hydrogen-bond acceptors (Lipinski definition) is 9. The van der Waals surface area contributed by atoms with Crippen molar-refractivity contribution in [1.29, 1.82) is 0 Å². The van der Waals surface area contributed by atoms with Crippen molar-refractivity contribution in [1.82, 2.24) is 29.6 Å². The molecule has 5 heterocycles. The minimum Gasteiger partial charge on any atom is -0.465 e. The van der Waals surface area contributed by atoms with Gasteiger partial charge in [0.05, 0.1) is 27.4 Å². The fourth-order valence-electron chi connectivity index (χ4n) is 3.76. The predicted octanol–water partition coefficient (Wildman–Crippen LogP) is 3.17. The van der Waals surface area contributed by atoms with Crippen LogP contribution in [0.3, 0.4) is 0 Å². The second-order valence-electron chi connectivity index (χ2n) is 7.61. The molecule has 0 unspecified atom stereocenters. The van der Waals surface area contributed by atoms with Crippen LogP contribution >= 0.6 is 11.3 Å². The topological polar surface area (TPSA) is 169 Å². The first-order chi connectivity index (χ1) is 16.8. The third kappa shape index (κ3) is 4.23. The van der Waals surface area contributed by atoms with Gasteiger partial charge in [0.25, 0.3) is 5.91 Å². The summed E-state index contributed by atoms with van der Waals surface area (Å²) < 4.78 is 14.9. The average molecular weight is 498 g/mol. The number of carbonyl (C=O) groups is 2. The van der Waals surface area contributed by atoms with Crippen LogP contribution in [0.5, 0.6) is 0 Å². The summed E-state index contributed by atoms with van der Waals surface area (Å²) in [6, 6.07) is 4.85. The number of anilines is 1. The molecule has 15 heteroatoms. The van der Waals surface area contributed by atoms with Crippen LogP contribution in [-0.2, 0) is 0 Å². The van der Waals surface area contributed by atoms with Crippen molar-refractivity contribution in [2.45, 2.75) is 12.5 Å². The Balaban J connectivity index is 1.57. The number of aromatic nitrogens is 5. The van der Waals surface area contributed by atoms with Crippen molar-refractivity contribution in [2.24, 2.45) is 0 Å². The van der Waals surface area contributed by atoms with Gasteiger partial charge in [0.15, 0.2) is 11.5 Å². The number of hydrogen-bond donors (Lipinski definition) is 2. The highest BCUT2D eigenvalue weighted by atomic mass is 32.1. The number of amides is 2. The van der Waals surface area contributed by atoms with Crippen LogP contribution in [0.1, 0.15) is 22.1 Å². The second-order valence-corrected chi connectivity index (χ2v) is 8.67. The molecule has 0 aromatic carbocycles. The van der Waals surface area contributed by atoms with Gasteiger partial charge in [-0.05, 0) is 24.6 Å². The first-order valence-electron chi connectivity index (χ1n) is 10.2. The molecular weight excluding hydrogens is 483 g/mol. The maximum absolute atomic E-state index is 13.4. The van der Waals surface area contributed by atoms with E-state index < -0.39 is 22.9 Å². The van der Waals surface area contributed by atoms with E-state index in [2.05, 4.69) is 25.4 Å². The Morgan fingerprint density at radius 3 is 2.71 bits per heavy atom. The molecule has 5 rings (SSSR count). The minimum atomic E-state index is -1.03. The van der Waals surface area contributed by atoms with Crippen LogP contribution in [0.2, 0.25) is 0 Å². The van der Waals surface area contributed by atoms with Gasteiger partial charge in [-0.1, -0.05) is 11.3 Å². The lowest BCUT2D eigenvalue weighted by Gasteiger charge is -2.14. The van der Waals surface area contributed by atoms with Gasteiger partial charge in [-0.15, -0.1) is 0 Å².